The molecule has 0 saturated carbocycles. The fraction of sp³-hybridized carbons (Fsp3) is 0.0909. The SMILES string of the molecule is CCOc1ccc(Oc2cc(O)c3c(c2N)C(=O)c2ccccc2C3=O)cc1. The highest BCUT2D eigenvalue weighted by Gasteiger charge is 2.35. The van der Waals surface area contributed by atoms with Crippen molar-refractivity contribution in [3.05, 3.63) is 76.9 Å². The van der Waals surface area contributed by atoms with Crippen molar-refractivity contribution in [1.29, 1.82) is 0 Å². The minimum Gasteiger partial charge on any atom is -0.507 e. The smallest absolute Gasteiger partial charge is 0.198 e. The lowest BCUT2D eigenvalue weighted by Crippen LogP contribution is -2.22. The van der Waals surface area contributed by atoms with E-state index in [-0.39, 0.29) is 39.4 Å². The van der Waals surface area contributed by atoms with E-state index in [1.807, 2.05) is 6.92 Å². The van der Waals surface area contributed by atoms with E-state index in [2.05, 4.69) is 0 Å². The third-order valence-corrected chi connectivity index (χ3v) is 4.54. The van der Waals surface area contributed by atoms with Gasteiger partial charge in [-0.2, -0.15) is 0 Å². The number of benzene rings is 3. The van der Waals surface area contributed by atoms with Crippen LogP contribution in [0.2, 0.25) is 0 Å². The Bertz CT molecular complexity index is 1100. The van der Waals surface area contributed by atoms with E-state index >= 15 is 0 Å². The Morgan fingerprint density at radius 1 is 0.893 bits per heavy atom. The zero-order chi connectivity index (χ0) is 19.8. The Balaban J connectivity index is 1.77. The maximum atomic E-state index is 12.9. The number of fused-ring (bicyclic) bond motifs is 2. The summed E-state index contributed by atoms with van der Waals surface area (Å²) in [6.07, 6.45) is 0. The fourth-order valence-electron chi connectivity index (χ4n) is 3.26. The van der Waals surface area contributed by atoms with Crippen molar-refractivity contribution in [2.45, 2.75) is 6.92 Å². The van der Waals surface area contributed by atoms with Crippen molar-refractivity contribution in [3.63, 3.8) is 0 Å². The van der Waals surface area contributed by atoms with Gasteiger partial charge >= 0.3 is 0 Å². The highest BCUT2D eigenvalue weighted by atomic mass is 16.5. The maximum Gasteiger partial charge on any atom is 0.198 e. The molecule has 4 rings (SSSR count). The number of rotatable bonds is 4. The standard InChI is InChI=1S/C22H17NO5/c1-2-27-12-7-9-13(10-8-12)28-17-11-16(24)18-19(20(17)23)22(26)15-6-4-3-5-14(15)21(18)25/h3-11,24H,2,23H2,1H3. The van der Waals surface area contributed by atoms with E-state index in [0.29, 0.717) is 18.1 Å². The van der Waals surface area contributed by atoms with Gasteiger partial charge in [-0.1, -0.05) is 24.3 Å². The summed E-state index contributed by atoms with van der Waals surface area (Å²) in [6, 6.07) is 14.5. The normalized spacial score (nSPS) is 12.3. The molecule has 0 bridgehead atoms. The van der Waals surface area contributed by atoms with Gasteiger partial charge in [-0.05, 0) is 31.2 Å². The average Bonchev–Trinajstić information content (AvgIpc) is 2.70. The minimum atomic E-state index is -0.443. The van der Waals surface area contributed by atoms with E-state index in [0.717, 1.165) is 0 Å². The summed E-state index contributed by atoms with van der Waals surface area (Å²) in [6.45, 7) is 2.43. The number of phenolic OH excluding ortho intramolecular Hbond substituents is 1. The first kappa shape index (κ1) is 17.6. The highest BCUT2D eigenvalue weighted by molar-refractivity contribution is 6.31. The van der Waals surface area contributed by atoms with Gasteiger partial charge in [0.1, 0.15) is 17.2 Å². The van der Waals surface area contributed by atoms with Crippen molar-refractivity contribution >= 4 is 17.3 Å². The van der Waals surface area contributed by atoms with Crippen LogP contribution in [0.25, 0.3) is 0 Å². The molecule has 0 atom stereocenters. The molecule has 3 N–H and O–H groups in total. The minimum absolute atomic E-state index is 0.00883. The van der Waals surface area contributed by atoms with Gasteiger partial charge in [-0.25, -0.2) is 0 Å². The van der Waals surface area contributed by atoms with E-state index in [1.54, 1.807) is 48.5 Å². The second-order valence-corrected chi connectivity index (χ2v) is 6.27. The summed E-state index contributed by atoms with van der Waals surface area (Å²) >= 11 is 0. The molecule has 6 heteroatoms. The number of nitrogen functional groups attached to an aromatic ring is 1. The lowest BCUT2D eigenvalue weighted by Gasteiger charge is -2.21. The van der Waals surface area contributed by atoms with Crippen LogP contribution in [-0.2, 0) is 0 Å². The fourth-order valence-corrected chi connectivity index (χ4v) is 3.26. The molecule has 140 valence electrons. The lowest BCUT2D eigenvalue weighted by atomic mass is 9.82. The first-order valence-corrected chi connectivity index (χ1v) is 8.75. The number of hydrogen-bond acceptors (Lipinski definition) is 6. The molecule has 3 aromatic carbocycles. The van der Waals surface area contributed by atoms with E-state index in [1.165, 1.54) is 6.07 Å². The molecule has 3 aromatic rings. The largest absolute Gasteiger partial charge is 0.507 e. The maximum absolute atomic E-state index is 12.9. The first-order valence-electron chi connectivity index (χ1n) is 8.75. The number of hydrogen-bond donors (Lipinski definition) is 2. The van der Waals surface area contributed by atoms with Gasteiger partial charge in [0.15, 0.2) is 17.3 Å². The van der Waals surface area contributed by atoms with Crippen LogP contribution in [0.4, 0.5) is 5.69 Å². The summed E-state index contributed by atoms with van der Waals surface area (Å²) in [5.41, 5.74) is 6.55. The van der Waals surface area contributed by atoms with Crippen LogP contribution in [0.3, 0.4) is 0 Å². The van der Waals surface area contributed by atoms with Crippen LogP contribution in [-0.4, -0.2) is 23.3 Å². The quantitative estimate of drug-likeness (QED) is 0.414. The summed E-state index contributed by atoms with van der Waals surface area (Å²) in [5, 5.41) is 10.4. The van der Waals surface area contributed by atoms with E-state index in [4.69, 9.17) is 15.2 Å². The molecule has 0 unspecified atom stereocenters. The van der Waals surface area contributed by atoms with Gasteiger partial charge in [0.05, 0.1) is 23.4 Å². The summed E-state index contributed by atoms with van der Waals surface area (Å²) in [4.78, 5) is 25.7. The van der Waals surface area contributed by atoms with Crippen molar-refractivity contribution in [3.8, 4) is 23.0 Å². The summed E-state index contributed by atoms with van der Waals surface area (Å²) in [7, 11) is 0. The van der Waals surface area contributed by atoms with Gasteiger partial charge in [0.2, 0.25) is 0 Å². The monoisotopic (exact) mass is 375 g/mol. The third kappa shape index (κ3) is 2.75. The molecule has 0 aliphatic heterocycles. The molecule has 1 aliphatic carbocycles. The van der Waals surface area contributed by atoms with Crippen molar-refractivity contribution in [1.82, 2.24) is 0 Å². The van der Waals surface area contributed by atoms with Crippen LogP contribution in [0.5, 0.6) is 23.0 Å². The van der Waals surface area contributed by atoms with Crippen LogP contribution in [0.15, 0.2) is 54.6 Å². The molecule has 1 aliphatic rings. The van der Waals surface area contributed by atoms with Crippen LogP contribution >= 0.6 is 0 Å². The van der Waals surface area contributed by atoms with Crippen LogP contribution in [0, 0.1) is 0 Å². The molecular formula is C22H17NO5. The molecule has 28 heavy (non-hydrogen) atoms. The second-order valence-electron chi connectivity index (χ2n) is 6.27. The second kappa shape index (κ2) is 6.74. The van der Waals surface area contributed by atoms with E-state index in [9.17, 15) is 14.7 Å². The highest BCUT2D eigenvalue weighted by Crippen LogP contribution is 2.42. The molecule has 0 aromatic heterocycles. The average molecular weight is 375 g/mol. The third-order valence-electron chi connectivity index (χ3n) is 4.54. The van der Waals surface area contributed by atoms with Gasteiger partial charge in [0, 0.05) is 17.2 Å². The van der Waals surface area contributed by atoms with Gasteiger partial charge in [0.25, 0.3) is 0 Å². The number of anilines is 1. The number of carbonyl (C=O) groups is 2. The van der Waals surface area contributed by atoms with Crippen molar-refractivity contribution in [2.75, 3.05) is 12.3 Å². The Morgan fingerprint density at radius 2 is 1.46 bits per heavy atom. The number of nitrogens with two attached hydrogens (primary N) is 1. The summed E-state index contributed by atoms with van der Waals surface area (Å²) in [5.74, 6) is 0.0223. The van der Waals surface area contributed by atoms with Crippen LogP contribution in [0.1, 0.15) is 38.8 Å². The van der Waals surface area contributed by atoms with Gasteiger partial charge < -0.3 is 20.3 Å². The molecule has 0 heterocycles. The Morgan fingerprint density at radius 3 is 2.07 bits per heavy atom. The molecule has 0 radical (unpaired) electrons. The zero-order valence-electron chi connectivity index (χ0n) is 15.1. The Hall–Kier alpha value is -3.80. The Kier molecular flexibility index (Phi) is 4.24. The number of aromatic hydroxyl groups is 1. The van der Waals surface area contributed by atoms with Crippen molar-refractivity contribution < 1.29 is 24.2 Å². The van der Waals surface area contributed by atoms with Crippen LogP contribution < -0.4 is 15.2 Å². The number of ether oxygens (including phenoxy) is 2. The zero-order valence-corrected chi connectivity index (χ0v) is 15.1. The van der Waals surface area contributed by atoms with Gasteiger partial charge in [-0.15, -0.1) is 0 Å². The predicted octanol–water partition coefficient (Wildman–Crippen LogP) is 3.94. The van der Waals surface area contributed by atoms with E-state index < -0.39 is 11.6 Å². The van der Waals surface area contributed by atoms with Crippen molar-refractivity contribution in [2.24, 2.45) is 0 Å². The molecule has 0 spiro atoms. The predicted molar refractivity (Wildman–Crippen MR) is 104 cm³/mol. The first-order chi connectivity index (χ1) is 13.5. The number of ketones is 2. The molecular weight excluding hydrogens is 358 g/mol. The molecule has 0 fully saturated rings. The Labute approximate surface area is 161 Å². The molecule has 6 nitrogen and oxygen atoms in total. The molecule has 0 saturated heterocycles. The topological polar surface area (TPSA) is 98.8 Å². The number of phenols is 1. The van der Waals surface area contributed by atoms with Gasteiger partial charge in [-0.3, -0.25) is 9.59 Å². The molecule has 0 amide bonds. The summed E-state index contributed by atoms with van der Waals surface area (Å²) < 4.78 is 11.1. The number of carbonyl (C=O) groups excluding carboxylic acids is 2. The lowest BCUT2D eigenvalue weighted by molar-refractivity contribution is 0.0977.